The second kappa shape index (κ2) is 5.71. The van der Waals surface area contributed by atoms with Crippen LogP contribution in [-0.4, -0.2) is 58.1 Å². The molecule has 2 unspecified atom stereocenters. The summed E-state index contributed by atoms with van der Waals surface area (Å²) in [6.07, 6.45) is 10.7. The Morgan fingerprint density at radius 3 is 2.81 bits per heavy atom. The molecule has 0 aromatic carbocycles. The molecule has 116 valence electrons. The maximum atomic E-state index is 6.18. The van der Waals surface area contributed by atoms with Crippen LogP contribution in [0.3, 0.4) is 0 Å². The van der Waals surface area contributed by atoms with Crippen molar-refractivity contribution < 1.29 is 0 Å². The van der Waals surface area contributed by atoms with Crippen molar-refractivity contribution in [1.82, 2.24) is 19.4 Å². The lowest BCUT2D eigenvalue weighted by Gasteiger charge is -2.32. The topological polar surface area (TPSA) is 50.3 Å². The van der Waals surface area contributed by atoms with Gasteiger partial charge in [0.2, 0.25) is 0 Å². The zero-order valence-corrected chi connectivity index (χ0v) is 12.8. The average Bonchev–Trinajstić information content (AvgIpc) is 3.14. The van der Waals surface area contributed by atoms with Crippen molar-refractivity contribution in [3.63, 3.8) is 0 Å². The van der Waals surface area contributed by atoms with Gasteiger partial charge in [-0.2, -0.15) is 0 Å². The van der Waals surface area contributed by atoms with Crippen molar-refractivity contribution in [3.05, 3.63) is 18.2 Å². The summed E-state index contributed by atoms with van der Waals surface area (Å²) < 4.78 is 2.38. The summed E-state index contributed by atoms with van der Waals surface area (Å²) in [5.41, 5.74) is 7.52. The smallest absolute Gasteiger partial charge is 0.0951 e. The van der Waals surface area contributed by atoms with Gasteiger partial charge in [0.05, 0.1) is 18.1 Å². The fourth-order valence-corrected chi connectivity index (χ4v) is 4.21. The Bertz CT molecular complexity index is 481. The molecule has 0 spiro atoms. The van der Waals surface area contributed by atoms with Crippen LogP contribution in [0.5, 0.6) is 0 Å². The first-order chi connectivity index (χ1) is 10.4. The van der Waals surface area contributed by atoms with E-state index in [1.807, 2.05) is 12.5 Å². The molecule has 3 aliphatic rings. The van der Waals surface area contributed by atoms with Crippen molar-refractivity contribution in [1.29, 1.82) is 0 Å². The number of nitrogens with two attached hydrogens (primary N) is 1. The quantitative estimate of drug-likeness (QED) is 0.910. The summed E-state index contributed by atoms with van der Waals surface area (Å²) in [6, 6.07) is 1.78. The Morgan fingerprint density at radius 1 is 1.14 bits per heavy atom. The van der Waals surface area contributed by atoms with E-state index in [0.717, 1.165) is 6.04 Å². The molecule has 0 radical (unpaired) electrons. The first-order valence-electron chi connectivity index (χ1n) is 8.56. The molecule has 3 fully saturated rings. The van der Waals surface area contributed by atoms with Gasteiger partial charge < -0.3 is 10.3 Å². The normalized spacial score (nSPS) is 29.3. The molecular weight excluding hydrogens is 262 g/mol. The Hall–Kier alpha value is -0.910. The van der Waals surface area contributed by atoms with Crippen LogP contribution in [0.1, 0.15) is 49.9 Å². The predicted octanol–water partition coefficient (Wildman–Crippen LogP) is 1.39. The van der Waals surface area contributed by atoms with E-state index in [1.54, 1.807) is 0 Å². The average molecular weight is 289 g/mol. The van der Waals surface area contributed by atoms with Crippen LogP contribution in [0.25, 0.3) is 0 Å². The van der Waals surface area contributed by atoms with Crippen molar-refractivity contribution in [2.75, 3.05) is 32.7 Å². The summed E-state index contributed by atoms with van der Waals surface area (Å²) in [5.74, 6) is 0. The van der Waals surface area contributed by atoms with E-state index in [0.29, 0.717) is 18.6 Å². The van der Waals surface area contributed by atoms with Gasteiger partial charge in [0, 0.05) is 37.9 Å². The van der Waals surface area contributed by atoms with Gasteiger partial charge in [-0.25, -0.2) is 4.98 Å². The van der Waals surface area contributed by atoms with Gasteiger partial charge in [0.1, 0.15) is 0 Å². The number of hydrogen-bond donors (Lipinski definition) is 1. The van der Waals surface area contributed by atoms with Crippen LogP contribution < -0.4 is 5.73 Å². The molecule has 4 rings (SSSR count). The van der Waals surface area contributed by atoms with E-state index in [1.165, 1.54) is 64.0 Å². The minimum Gasteiger partial charge on any atom is -0.330 e. The van der Waals surface area contributed by atoms with E-state index >= 15 is 0 Å². The van der Waals surface area contributed by atoms with E-state index in [4.69, 9.17) is 5.73 Å². The van der Waals surface area contributed by atoms with Crippen LogP contribution in [0.15, 0.2) is 12.5 Å². The Morgan fingerprint density at radius 2 is 2.00 bits per heavy atom. The van der Waals surface area contributed by atoms with Crippen LogP contribution >= 0.6 is 0 Å². The summed E-state index contributed by atoms with van der Waals surface area (Å²) in [6.45, 7) is 5.61. The lowest BCUT2D eigenvalue weighted by molar-refractivity contribution is 0.171. The van der Waals surface area contributed by atoms with Crippen molar-refractivity contribution in [3.8, 4) is 0 Å². The summed E-state index contributed by atoms with van der Waals surface area (Å²) in [7, 11) is 0. The summed E-state index contributed by atoms with van der Waals surface area (Å²) in [5, 5.41) is 0. The molecule has 2 saturated heterocycles. The Balaban J connectivity index is 1.55. The molecule has 1 aromatic rings. The van der Waals surface area contributed by atoms with Crippen LogP contribution in [-0.2, 0) is 0 Å². The van der Waals surface area contributed by atoms with Crippen molar-refractivity contribution in [2.45, 2.75) is 50.2 Å². The molecular formula is C16H27N5. The minimum absolute atomic E-state index is 0.341. The van der Waals surface area contributed by atoms with E-state index in [2.05, 4.69) is 19.4 Å². The first kappa shape index (κ1) is 13.7. The molecule has 0 amide bonds. The largest absolute Gasteiger partial charge is 0.330 e. The van der Waals surface area contributed by atoms with Crippen LogP contribution in [0, 0.1) is 0 Å². The molecule has 1 aliphatic carbocycles. The SMILES string of the molecule is NCC(c1cncn1C1CC1)N1CCCN2CCCC2C1. The third kappa shape index (κ3) is 2.62. The molecule has 1 aromatic heterocycles. The maximum Gasteiger partial charge on any atom is 0.0951 e. The molecule has 1 saturated carbocycles. The molecule has 21 heavy (non-hydrogen) atoms. The van der Waals surface area contributed by atoms with Crippen LogP contribution in [0.4, 0.5) is 0 Å². The highest BCUT2D eigenvalue weighted by Crippen LogP contribution is 2.38. The number of fused-ring (bicyclic) bond motifs is 1. The third-order valence-electron chi connectivity index (χ3n) is 5.48. The predicted molar refractivity (Wildman–Crippen MR) is 83.1 cm³/mol. The summed E-state index contributed by atoms with van der Waals surface area (Å²) in [4.78, 5) is 9.72. The van der Waals surface area contributed by atoms with Gasteiger partial charge >= 0.3 is 0 Å². The number of nitrogens with zero attached hydrogens (tertiary/aromatic N) is 4. The highest BCUT2D eigenvalue weighted by atomic mass is 15.3. The summed E-state index contributed by atoms with van der Waals surface area (Å²) >= 11 is 0. The fraction of sp³-hybridized carbons (Fsp3) is 0.812. The van der Waals surface area contributed by atoms with E-state index < -0.39 is 0 Å². The lowest BCUT2D eigenvalue weighted by Crippen LogP contribution is -2.41. The monoisotopic (exact) mass is 289 g/mol. The molecule has 5 nitrogen and oxygen atoms in total. The Labute approximate surface area is 127 Å². The number of imidazole rings is 1. The molecule has 2 N–H and O–H groups in total. The highest BCUT2D eigenvalue weighted by Gasteiger charge is 2.34. The zero-order chi connectivity index (χ0) is 14.2. The van der Waals surface area contributed by atoms with Gasteiger partial charge in [0.25, 0.3) is 0 Å². The van der Waals surface area contributed by atoms with Crippen LogP contribution in [0.2, 0.25) is 0 Å². The van der Waals surface area contributed by atoms with Gasteiger partial charge in [-0.1, -0.05) is 0 Å². The number of rotatable bonds is 4. The zero-order valence-electron chi connectivity index (χ0n) is 12.8. The van der Waals surface area contributed by atoms with Gasteiger partial charge in [0.15, 0.2) is 0 Å². The fourth-order valence-electron chi connectivity index (χ4n) is 4.21. The van der Waals surface area contributed by atoms with E-state index in [-0.39, 0.29) is 0 Å². The standard InChI is InChI=1S/C16H27N5/c17-9-15(16-10-18-12-21(16)13-4-5-13)20-8-2-7-19-6-1-3-14(19)11-20/h10,12-15H,1-9,11,17H2. The molecule has 2 aliphatic heterocycles. The number of aromatic nitrogens is 2. The second-order valence-electron chi connectivity index (χ2n) is 6.89. The lowest BCUT2D eigenvalue weighted by atomic mass is 10.1. The molecule has 0 bridgehead atoms. The Kier molecular flexibility index (Phi) is 3.73. The molecule has 3 heterocycles. The van der Waals surface area contributed by atoms with Gasteiger partial charge in [-0.05, 0) is 45.2 Å². The first-order valence-corrected chi connectivity index (χ1v) is 8.56. The van der Waals surface area contributed by atoms with E-state index in [9.17, 15) is 0 Å². The molecule has 5 heteroatoms. The van der Waals surface area contributed by atoms with Gasteiger partial charge in [-0.3, -0.25) is 9.80 Å². The maximum absolute atomic E-state index is 6.18. The second-order valence-corrected chi connectivity index (χ2v) is 6.89. The minimum atomic E-state index is 0.341. The third-order valence-corrected chi connectivity index (χ3v) is 5.48. The molecule has 2 atom stereocenters. The highest BCUT2D eigenvalue weighted by molar-refractivity contribution is 5.10. The van der Waals surface area contributed by atoms with Crippen molar-refractivity contribution >= 4 is 0 Å². The van der Waals surface area contributed by atoms with Gasteiger partial charge in [-0.15, -0.1) is 0 Å². The van der Waals surface area contributed by atoms with Crippen molar-refractivity contribution in [2.24, 2.45) is 5.73 Å². The number of hydrogen-bond acceptors (Lipinski definition) is 4.